The fraction of sp³-hybridized carbons (Fsp3) is 0.133. The van der Waals surface area contributed by atoms with Crippen LogP contribution in [0, 0.1) is 0 Å². The first-order chi connectivity index (χ1) is 8.81. The number of carbonyl (C=O) groups is 1. The highest BCUT2D eigenvalue weighted by Crippen LogP contribution is 2.24. The van der Waals surface area contributed by atoms with Crippen LogP contribution in [0.4, 0.5) is 0 Å². The Hall–Kier alpha value is -1.87. The maximum atomic E-state index is 12.4. The van der Waals surface area contributed by atoms with Crippen molar-refractivity contribution < 1.29 is 4.79 Å². The van der Waals surface area contributed by atoms with Crippen molar-refractivity contribution >= 4 is 28.0 Å². The summed E-state index contributed by atoms with van der Waals surface area (Å²) in [6.45, 7) is 2.12. The van der Waals surface area contributed by atoms with Gasteiger partial charge in [-0.25, -0.2) is 0 Å². The second kappa shape index (κ2) is 4.42. The van der Waals surface area contributed by atoms with Crippen LogP contribution in [0.2, 0.25) is 0 Å². The van der Waals surface area contributed by atoms with Gasteiger partial charge in [0.15, 0.2) is 5.78 Å². The molecule has 0 aliphatic carbocycles. The minimum Gasteiger partial charge on any atom is -0.360 e. The van der Waals surface area contributed by atoms with Crippen LogP contribution in [-0.2, 0) is 6.42 Å². The van der Waals surface area contributed by atoms with Gasteiger partial charge >= 0.3 is 0 Å². The van der Waals surface area contributed by atoms with Crippen LogP contribution in [0.15, 0.2) is 41.2 Å². The summed E-state index contributed by atoms with van der Waals surface area (Å²) in [6, 6.07) is 7.98. The third kappa shape index (κ3) is 1.68. The topological polar surface area (TPSA) is 32.9 Å². The van der Waals surface area contributed by atoms with E-state index >= 15 is 0 Å². The summed E-state index contributed by atoms with van der Waals surface area (Å²) >= 11 is 1.55. The van der Waals surface area contributed by atoms with Crippen molar-refractivity contribution in [2.24, 2.45) is 0 Å². The average molecular weight is 255 g/mol. The molecular weight excluding hydrogens is 242 g/mol. The Kier molecular flexibility index (Phi) is 2.76. The van der Waals surface area contributed by atoms with E-state index in [0.717, 1.165) is 28.5 Å². The van der Waals surface area contributed by atoms with E-state index < -0.39 is 0 Å². The zero-order valence-corrected chi connectivity index (χ0v) is 10.9. The number of rotatable bonds is 3. The molecular formula is C15H13NOS. The number of thiophene rings is 1. The number of hydrogen-bond acceptors (Lipinski definition) is 2. The number of aromatic nitrogens is 1. The zero-order valence-electron chi connectivity index (χ0n) is 10.1. The molecule has 0 saturated carbocycles. The lowest BCUT2D eigenvalue weighted by Gasteiger charge is -2.00. The van der Waals surface area contributed by atoms with E-state index in [9.17, 15) is 4.79 Å². The molecule has 90 valence electrons. The highest BCUT2D eigenvalue weighted by Gasteiger charge is 2.15. The number of hydrogen-bond donors (Lipinski definition) is 1. The van der Waals surface area contributed by atoms with Crippen molar-refractivity contribution in [2.45, 2.75) is 13.3 Å². The second-order valence-corrected chi connectivity index (χ2v) is 5.02. The van der Waals surface area contributed by atoms with E-state index in [-0.39, 0.29) is 5.78 Å². The molecule has 3 rings (SSSR count). The number of H-pyrrole nitrogens is 1. The SMILES string of the molecule is CCc1cccc2c(C(=O)c3ccsc3)c[nH]c12. The van der Waals surface area contributed by atoms with Crippen LogP contribution < -0.4 is 0 Å². The molecule has 2 heterocycles. The molecule has 0 spiro atoms. The maximum absolute atomic E-state index is 12.4. The maximum Gasteiger partial charge on any atom is 0.196 e. The van der Waals surface area contributed by atoms with E-state index in [0.29, 0.717) is 0 Å². The number of aromatic amines is 1. The molecule has 2 aromatic heterocycles. The van der Waals surface area contributed by atoms with Crippen LogP contribution in [0.25, 0.3) is 10.9 Å². The van der Waals surface area contributed by atoms with Gasteiger partial charge < -0.3 is 4.98 Å². The molecule has 0 amide bonds. The molecule has 2 nitrogen and oxygen atoms in total. The molecule has 18 heavy (non-hydrogen) atoms. The summed E-state index contributed by atoms with van der Waals surface area (Å²) < 4.78 is 0. The normalized spacial score (nSPS) is 10.9. The van der Waals surface area contributed by atoms with Crippen molar-refractivity contribution in [1.29, 1.82) is 0 Å². The van der Waals surface area contributed by atoms with Crippen LogP contribution >= 0.6 is 11.3 Å². The van der Waals surface area contributed by atoms with E-state index in [1.807, 2.05) is 35.2 Å². The Bertz CT molecular complexity index is 694. The van der Waals surface area contributed by atoms with Gasteiger partial charge in [0.1, 0.15) is 0 Å². The van der Waals surface area contributed by atoms with Crippen LogP contribution in [0.5, 0.6) is 0 Å². The Morgan fingerprint density at radius 3 is 2.94 bits per heavy atom. The van der Waals surface area contributed by atoms with Crippen molar-refractivity contribution in [1.82, 2.24) is 4.98 Å². The van der Waals surface area contributed by atoms with Gasteiger partial charge in [-0.3, -0.25) is 4.79 Å². The van der Waals surface area contributed by atoms with Crippen LogP contribution in [0.1, 0.15) is 28.4 Å². The third-order valence-electron chi connectivity index (χ3n) is 3.21. The van der Waals surface area contributed by atoms with Crippen molar-refractivity contribution in [3.05, 3.63) is 57.9 Å². The quantitative estimate of drug-likeness (QED) is 0.704. The summed E-state index contributed by atoms with van der Waals surface area (Å²) in [6.07, 6.45) is 2.79. The number of aryl methyl sites for hydroxylation is 1. The standard InChI is InChI=1S/C15H13NOS/c1-2-10-4-3-5-12-13(8-16-14(10)12)15(17)11-6-7-18-9-11/h3-9,16H,2H2,1H3. The molecule has 3 aromatic rings. The minimum absolute atomic E-state index is 0.0933. The van der Waals surface area contributed by atoms with E-state index in [1.165, 1.54) is 5.56 Å². The number of ketones is 1. The van der Waals surface area contributed by atoms with E-state index in [1.54, 1.807) is 11.3 Å². The van der Waals surface area contributed by atoms with Gasteiger partial charge in [0.25, 0.3) is 0 Å². The molecule has 1 N–H and O–H groups in total. The third-order valence-corrected chi connectivity index (χ3v) is 3.89. The molecule has 0 atom stereocenters. The number of fused-ring (bicyclic) bond motifs is 1. The predicted octanol–water partition coefficient (Wildman–Crippen LogP) is 4.02. The highest BCUT2D eigenvalue weighted by molar-refractivity contribution is 7.08. The largest absolute Gasteiger partial charge is 0.360 e. The van der Waals surface area contributed by atoms with Gasteiger partial charge in [-0.2, -0.15) is 11.3 Å². The Morgan fingerprint density at radius 1 is 1.33 bits per heavy atom. The lowest BCUT2D eigenvalue weighted by Crippen LogP contribution is -1.97. The minimum atomic E-state index is 0.0933. The Labute approximate surface area is 109 Å². The van der Waals surface area contributed by atoms with Crippen molar-refractivity contribution in [3.63, 3.8) is 0 Å². The number of nitrogens with one attached hydrogen (secondary N) is 1. The Balaban J connectivity index is 2.17. The van der Waals surface area contributed by atoms with Gasteiger partial charge in [-0.15, -0.1) is 0 Å². The molecule has 0 radical (unpaired) electrons. The molecule has 3 heteroatoms. The summed E-state index contributed by atoms with van der Waals surface area (Å²) in [5.74, 6) is 0.0933. The number of benzene rings is 1. The first-order valence-corrected chi connectivity index (χ1v) is 6.91. The smallest absolute Gasteiger partial charge is 0.196 e. The van der Waals surface area contributed by atoms with Crippen LogP contribution in [-0.4, -0.2) is 10.8 Å². The first-order valence-electron chi connectivity index (χ1n) is 5.97. The fourth-order valence-corrected chi connectivity index (χ4v) is 2.88. The van der Waals surface area contributed by atoms with E-state index in [2.05, 4.69) is 18.0 Å². The summed E-state index contributed by atoms with van der Waals surface area (Å²) in [7, 11) is 0. The molecule has 0 saturated heterocycles. The summed E-state index contributed by atoms with van der Waals surface area (Å²) in [5.41, 5.74) is 3.86. The highest BCUT2D eigenvalue weighted by atomic mass is 32.1. The number of carbonyl (C=O) groups excluding carboxylic acids is 1. The van der Waals surface area contributed by atoms with Gasteiger partial charge in [0.05, 0.1) is 0 Å². The van der Waals surface area contributed by atoms with Crippen molar-refractivity contribution in [3.8, 4) is 0 Å². The Morgan fingerprint density at radius 2 is 2.22 bits per heavy atom. The molecule has 0 aliphatic heterocycles. The number of para-hydroxylation sites is 1. The molecule has 0 bridgehead atoms. The predicted molar refractivity (Wildman–Crippen MR) is 75.4 cm³/mol. The van der Waals surface area contributed by atoms with Gasteiger partial charge in [0, 0.05) is 33.6 Å². The first kappa shape index (κ1) is 11.2. The zero-order chi connectivity index (χ0) is 12.5. The van der Waals surface area contributed by atoms with Gasteiger partial charge in [-0.1, -0.05) is 25.1 Å². The molecule has 1 aromatic carbocycles. The van der Waals surface area contributed by atoms with Gasteiger partial charge in [-0.05, 0) is 23.4 Å². The lowest BCUT2D eigenvalue weighted by molar-refractivity contribution is 0.104. The summed E-state index contributed by atoms with van der Waals surface area (Å²) in [5, 5.41) is 4.84. The lowest BCUT2D eigenvalue weighted by atomic mass is 10.0. The monoisotopic (exact) mass is 255 g/mol. The molecule has 0 aliphatic rings. The average Bonchev–Trinajstić information content (AvgIpc) is 3.06. The van der Waals surface area contributed by atoms with Crippen LogP contribution in [0.3, 0.4) is 0 Å². The van der Waals surface area contributed by atoms with Crippen molar-refractivity contribution in [2.75, 3.05) is 0 Å². The fourth-order valence-electron chi connectivity index (χ4n) is 2.25. The second-order valence-electron chi connectivity index (χ2n) is 4.24. The van der Waals surface area contributed by atoms with Gasteiger partial charge in [0.2, 0.25) is 0 Å². The summed E-state index contributed by atoms with van der Waals surface area (Å²) in [4.78, 5) is 15.6. The van der Waals surface area contributed by atoms with E-state index in [4.69, 9.17) is 0 Å². The molecule has 0 fully saturated rings. The molecule has 0 unspecified atom stereocenters.